The molecule has 0 saturated heterocycles. The summed E-state index contributed by atoms with van der Waals surface area (Å²) in [5, 5.41) is 9.64. The Morgan fingerprint density at radius 1 is 0.469 bits per heavy atom. The smallest absolute Gasteiger partial charge is 0.362 e. The first-order chi connectivity index (χ1) is 31.1. The molecular formula is C56H88NO7+. The standard InChI is InChI=1S/C56H87NO7/c1-6-8-10-12-14-16-18-20-22-24-25-26-27-28-29-31-32-34-36-38-40-42-44-46-54(58)63-51-52(50-62-49-48-53(56(60)61)57(3,4)5)64-55(59)47-45-43-41-39-37-35-33-30-23-21-19-17-15-13-11-9-7-2/h8-11,14-17,20-23,25-26,28-29,32-35,39,41,52-53H,6-7,12-13,18-19,24,27,30-31,36-38,40,42-51H2,1-5H3/p+1/b10-8+,11-9+,16-14+,17-15+,22-20+,23-21+,26-25+,29-28+,34-32+,35-33+,41-39+. The summed E-state index contributed by atoms with van der Waals surface area (Å²) in [7, 11) is 5.49. The third kappa shape index (κ3) is 42.8. The van der Waals surface area contributed by atoms with E-state index in [1.54, 1.807) is 0 Å². The fourth-order valence-corrected chi connectivity index (χ4v) is 6.13. The quantitative estimate of drug-likeness (QED) is 0.0282. The molecule has 0 rings (SSSR count). The molecule has 0 aliphatic heterocycles. The van der Waals surface area contributed by atoms with Gasteiger partial charge in [-0.25, -0.2) is 4.79 Å². The Morgan fingerprint density at radius 2 is 0.844 bits per heavy atom. The molecule has 0 aromatic carbocycles. The van der Waals surface area contributed by atoms with Crippen molar-refractivity contribution in [3.63, 3.8) is 0 Å². The third-order valence-electron chi connectivity index (χ3n) is 9.80. The molecule has 0 saturated carbocycles. The summed E-state index contributed by atoms with van der Waals surface area (Å²) < 4.78 is 17.2. The Bertz CT molecular complexity index is 1500. The molecule has 0 aliphatic carbocycles. The molecule has 0 aromatic rings. The molecule has 0 bridgehead atoms. The van der Waals surface area contributed by atoms with Gasteiger partial charge in [-0.2, -0.15) is 0 Å². The molecule has 2 unspecified atom stereocenters. The van der Waals surface area contributed by atoms with Crippen molar-refractivity contribution >= 4 is 17.9 Å². The van der Waals surface area contributed by atoms with Gasteiger partial charge in [0.25, 0.3) is 0 Å². The molecular weight excluding hydrogens is 799 g/mol. The zero-order chi connectivity index (χ0) is 47.0. The van der Waals surface area contributed by atoms with Crippen molar-refractivity contribution in [3.05, 3.63) is 134 Å². The van der Waals surface area contributed by atoms with Crippen LogP contribution in [0.25, 0.3) is 0 Å². The van der Waals surface area contributed by atoms with E-state index in [9.17, 15) is 19.5 Å². The van der Waals surface area contributed by atoms with Crippen LogP contribution in [0.2, 0.25) is 0 Å². The largest absolute Gasteiger partial charge is 0.477 e. The summed E-state index contributed by atoms with van der Waals surface area (Å²) in [6.45, 7) is 4.39. The van der Waals surface area contributed by atoms with Crippen molar-refractivity contribution in [1.82, 2.24) is 0 Å². The van der Waals surface area contributed by atoms with E-state index in [4.69, 9.17) is 14.2 Å². The highest BCUT2D eigenvalue weighted by molar-refractivity contribution is 5.72. The van der Waals surface area contributed by atoms with Crippen LogP contribution in [0.4, 0.5) is 0 Å². The SMILES string of the molecule is CC/C=C/C/C=C/C/C=C/C/C=C/C/C=C/C/C=C/CCCCCCC(=O)OCC(COCCC(C(=O)O)[N+](C)(C)C)OC(=O)CCC/C=C/C/C=C/C/C=C/C/C=C/C/C=C/CC. The third-order valence-corrected chi connectivity index (χ3v) is 9.80. The van der Waals surface area contributed by atoms with Gasteiger partial charge >= 0.3 is 17.9 Å². The van der Waals surface area contributed by atoms with E-state index in [-0.39, 0.29) is 42.7 Å². The molecule has 1 N–H and O–H groups in total. The Balaban J connectivity index is 4.45. The average molecular weight is 887 g/mol. The van der Waals surface area contributed by atoms with Gasteiger partial charge in [-0.3, -0.25) is 9.59 Å². The van der Waals surface area contributed by atoms with Crippen LogP contribution < -0.4 is 0 Å². The van der Waals surface area contributed by atoms with Crippen LogP contribution in [0, 0.1) is 0 Å². The zero-order valence-electron chi connectivity index (χ0n) is 40.7. The number of carbonyl (C=O) groups is 3. The summed E-state index contributed by atoms with van der Waals surface area (Å²) in [6, 6.07) is -0.639. The number of carbonyl (C=O) groups excluding carboxylic acids is 2. The van der Waals surface area contributed by atoms with Gasteiger partial charge in [0.2, 0.25) is 0 Å². The van der Waals surface area contributed by atoms with Crippen molar-refractivity contribution in [1.29, 1.82) is 0 Å². The van der Waals surface area contributed by atoms with Crippen molar-refractivity contribution in [2.45, 2.75) is 161 Å². The number of likely N-dealkylation sites (N-methyl/N-ethyl adjacent to an activating group) is 1. The minimum atomic E-state index is -0.894. The van der Waals surface area contributed by atoms with Crippen molar-refractivity contribution in [2.24, 2.45) is 0 Å². The minimum absolute atomic E-state index is 0.0197. The molecule has 0 aliphatic rings. The van der Waals surface area contributed by atoms with Gasteiger partial charge in [-0.15, -0.1) is 0 Å². The fraction of sp³-hybridized carbons (Fsp3) is 0.554. The van der Waals surface area contributed by atoms with E-state index in [1.165, 1.54) is 0 Å². The Morgan fingerprint density at radius 3 is 1.25 bits per heavy atom. The van der Waals surface area contributed by atoms with Crippen molar-refractivity contribution in [3.8, 4) is 0 Å². The number of unbranched alkanes of at least 4 members (excludes halogenated alkanes) is 5. The predicted molar refractivity (Wildman–Crippen MR) is 270 cm³/mol. The average Bonchev–Trinajstić information content (AvgIpc) is 3.26. The van der Waals surface area contributed by atoms with Gasteiger partial charge in [0, 0.05) is 19.3 Å². The van der Waals surface area contributed by atoms with E-state index in [0.717, 1.165) is 109 Å². The van der Waals surface area contributed by atoms with Gasteiger partial charge in [-0.1, -0.05) is 160 Å². The Hall–Kier alpha value is -4.53. The van der Waals surface area contributed by atoms with Crippen LogP contribution in [0.5, 0.6) is 0 Å². The Labute approximate surface area is 390 Å². The summed E-state index contributed by atoms with van der Waals surface area (Å²) in [5.41, 5.74) is 0. The number of carboxylic acids is 1. The lowest BCUT2D eigenvalue weighted by Crippen LogP contribution is -2.50. The lowest BCUT2D eigenvalue weighted by Gasteiger charge is -2.31. The lowest BCUT2D eigenvalue weighted by atomic mass is 10.1. The summed E-state index contributed by atoms with van der Waals surface area (Å²) in [4.78, 5) is 37.1. The van der Waals surface area contributed by atoms with Crippen molar-refractivity contribution < 1.29 is 38.2 Å². The van der Waals surface area contributed by atoms with Gasteiger partial charge in [0.1, 0.15) is 6.61 Å². The first-order valence-electron chi connectivity index (χ1n) is 24.2. The molecule has 0 spiro atoms. The fourth-order valence-electron chi connectivity index (χ4n) is 6.13. The molecule has 0 heterocycles. The molecule has 0 fully saturated rings. The first kappa shape index (κ1) is 59.5. The number of carboxylic acid groups (broad SMARTS) is 1. The second-order valence-corrected chi connectivity index (χ2v) is 16.6. The number of ether oxygens (including phenoxy) is 3. The van der Waals surface area contributed by atoms with E-state index >= 15 is 0 Å². The highest BCUT2D eigenvalue weighted by atomic mass is 16.6. The lowest BCUT2D eigenvalue weighted by molar-refractivity contribution is -0.887. The molecule has 358 valence electrons. The second-order valence-electron chi connectivity index (χ2n) is 16.6. The summed E-state index contributed by atoms with van der Waals surface area (Å²) in [5.74, 6) is -1.60. The molecule has 8 nitrogen and oxygen atoms in total. The first-order valence-corrected chi connectivity index (χ1v) is 24.2. The minimum Gasteiger partial charge on any atom is -0.477 e. The molecule has 0 aromatic heterocycles. The van der Waals surface area contributed by atoms with Gasteiger partial charge in [0.05, 0.1) is 34.4 Å². The molecule has 0 amide bonds. The summed E-state index contributed by atoms with van der Waals surface area (Å²) in [6.07, 6.45) is 65.1. The number of allylic oxidation sites excluding steroid dienone is 22. The maximum absolute atomic E-state index is 12.7. The van der Waals surface area contributed by atoms with Crippen LogP contribution in [-0.4, -0.2) is 80.6 Å². The number of esters is 2. The van der Waals surface area contributed by atoms with Crippen LogP contribution in [0.1, 0.15) is 149 Å². The maximum Gasteiger partial charge on any atom is 0.362 e. The van der Waals surface area contributed by atoms with Gasteiger partial charge < -0.3 is 23.8 Å². The monoisotopic (exact) mass is 887 g/mol. The number of aliphatic carboxylic acids is 1. The molecule has 8 heteroatoms. The second kappa shape index (κ2) is 45.1. The molecule has 0 radical (unpaired) electrons. The van der Waals surface area contributed by atoms with Crippen LogP contribution in [0.15, 0.2) is 134 Å². The number of nitrogens with zero attached hydrogens (tertiary/aromatic N) is 1. The number of rotatable bonds is 41. The van der Waals surface area contributed by atoms with E-state index in [0.29, 0.717) is 19.3 Å². The highest BCUT2D eigenvalue weighted by Gasteiger charge is 2.31. The van der Waals surface area contributed by atoms with E-state index in [1.807, 2.05) is 21.1 Å². The molecule has 64 heavy (non-hydrogen) atoms. The normalized spacial score (nSPS) is 14.1. The predicted octanol–water partition coefficient (Wildman–Crippen LogP) is 14.0. The van der Waals surface area contributed by atoms with Crippen LogP contribution in [0.3, 0.4) is 0 Å². The van der Waals surface area contributed by atoms with E-state index < -0.39 is 18.1 Å². The maximum atomic E-state index is 12.7. The number of hydrogen-bond acceptors (Lipinski definition) is 6. The number of quaternary nitrogens is 1. The Kier molecular flexibility index (Phi) is 41.9. The summed E-state index contributed by atoms with van der Waals surface area (Å²) >= 11 is 0. The van der Waals surface area contributed by atoms with E-state index in [2.05, 4.69) is 148 Å². The van der Waals surface area contributed by atoms with Gasteiger partial charge in [-0.05, 0) is 103 Å². The highest BCUT2D eigenvalue weighted by Crippen LogP contribution is 2.11. The van der Waals surface area contributed by atoms with Crippen molar-refractivity contribution in [2.75, 3.05) is 41.0 Å². The zero-order valence-corrected chi connectivity index (χ0v) is 40.7. The topological polar surface area (TPSA) is 99.1 Å². The van der Waals surface area contributed by atoms with Crippen LogP contribution >= 0.6 is 0 Å². The molecule has 2 atom stereocenters. The van der Waals surface area contributed by atoms with Crippen LogP contribution in [-0.2, 0) is 28.6 Å². The van der Waals surface area contributed by atoms with Gasteiger partial charge in [0.15, 0.2) is 12.1 Å². The number of hydrogen-bond donors (Lipinski definition) is 1.